The second-order valence-corrected chi connectivity index (χ2v) is 5.14. The molecule has 0 bridgehead atoms. The number of hydrogen-bond acceptors (Lipinski definition) is 3. The number of anilines is 1. The van der Waals surface area contributed by atoms with Crippen molar-refractivity contribution in [3.8, 4) is 0 Å². The highest BCUT2D eigenvalue weighted by Crippen LogP contribution is 2.17. The van der Waals surface area contributed by atoms with Gasteiger partial charge in [-0.05, 0) is 24.1 Å². The third-order valence-electron chi connectivity index (χ3n) is 2.96. The number of rotatable bonds is 9. The van der Waals surface area contributed by atoms with Crippen LogP contribution < -0.4 is 4.90 Å². The fourth-order valence-corrected chi connectivity index (χ4v) is 2.44. The van der Waals surface area contributed by atoms with Crippen molar-refractivity contribution in [1.29, 1.82) is 0 Å². The number of oxime groups is 1. The van der Waals surface area contributed by atoms with Crippen LogP contribution in [0.15, 0.2) is 29.4 Å². The molecule has 0 heterocycles. The van der Waals surface area contributed by atoms with Gasteiger partial charge in [-0.2, -0.15) is 0 Å². The standard InChI is InChI=1S/C15H22Cl2N2O/c1-3-4-15(18-20-2)13-5-7-14(8-6-13)19(11-9-16)12-10-17/h5-8H,3-4,9-12H2,1-2H3. The third kappa shape index (κ3) is 5.22. The minimum Gasteiger partial charge on any atom is -0.399 e. The fraction of sp³-hybridized carbons (Fsp3) is 0.533. The average molecular weight is 317 g/mol. The summed E-state index contributed by atoms with van der Waals surface area (Å²) in [6, 6.07) is 8.29. The Morgan fingerprint density at radius 1 is 1.15 bits per heavy atom. The predicted molar refractivity (Wildman–Crippen MR) is 88.5 cm³/mol. The van der Waals surface area contributed by atoms with Crippen LogP contribution in [0, 0.1) is 0 Å². The van der Waals surface area contributed by atoms with Crippen molar-refractivity contribution in [3.05, 3.63) is 29.8 Å². The van der Waals surface area contributed by atoms with Crippen molar-refractivity contribution in [2.45, 2.75) is 19.8 Å². The average Bonchev–Trinajstić information content (AvgIpc) is 2.47. The first-order valence-electron chi connectivity index (χ1n) is 6.84. The molecule has 0 fully saturated rings. The van der Waals surface area contributed by atoms with E-state index in [1.807, 2.05) is 0 Å². The van der Waals surface area contributed by atoms with Crippen molar-refractivity contribution in [2.75, 3.05) is 36.9 Å². The van der Waals surface area contributed by atoms with Gasteiger partial charge in [-0.3, -0.25) is 0 Å². The van der Waals surface area contributed by atoms with Crippen LogP contribution >= 0.6 is 23.2 Å². The van der Waals surface area contributed by atoms with Crippen LogP contribution in [0.2, 0.25) is 0 Å². The molecular weight excluding hydrogens is 295 g/mol. The van der Waals surface area contributed by atoms with Gasteiger partial charge in [0, 0.05) is 30.5 Å². The Labute approximate surface area is 131 Å². The Balaban J connectivity index is 2.87. The summed E-state index contributed by atoms with van der Waals surface area (Å²) < 4.78 is 0. The van der Waals surface area contributed by atoms with Gasteiger partial charge in [0.05, 0.1) is 5.71 Å². The maximum Gasteiger partial charge on any atom is 0.106 e. The molecule has 5 heteroatoms. The molecule has 0 radical (unpaired) electrons. The van der Waals surface area contributed by atoms with E-state index in [1.165, 1.54) is 0 Å². The normalized spacial score (nSPS) is 11.5. The monoisotopic (exact) mass is 316 g/mol. The highest BCUT2D eigenvalue weighted by atomic mass is 35.5. The summed E-state index contributed by atoms with van der Waals surface area (Å²) in [5.74, 6) is 1.18. The van der Waals surface area contributed by atoms with E-state index in [4.69, 9.17) is 28.0 Å². The zero-order valence-electron chi connectivity index (χ0n) is 12.1. The topological polar surface area (TPSA) is 24.8 Å². The van der Waals surface area contributed by atoms with Crippen LogP contribution in [0.4, 0.5) is 5.69 Å². The zero-order chi connectivity index (χ0) is 14.8. The molecule has 0 atom stereocenters. The van der Waals surface area contributed by atoms with Crippen molar-refractivity contribution in [3.63, 3.8) is 0 Å². The van der Waals surface area contributed by atoms with Crippen LogP contribution in [0.3, 0.4) is 0 Å². The van der Waals surface area contributed by atoms with E-state index in [-0.39, 0.29) is 0 Å². The van der Waals surface area contributed by atoms with Gasteiger partial charge >= 0.3 is 0 Å². The molecule has 1 aromatic carbocycles. The first-order chi connectivity index (χ1) is 9.76. The van der Waals surface area contributed by atoms with Crippen molar-refractivity contribution < 1.29 is 4.84 Å². The highest BCUT2D eigenvalue weighted by molar-refractivity contribution is 6.18. The Kier molecular flexibility index (Phi) is 8.47. The molecule has 0 spiro atoms. The SMILES string of the molecule is CCCC(=NOC)c1ccc(N(CCCl)CCCl)cc1. The number of benzene rings is 1. The van der Waals surface area contributed by atoms with E-state index in [2.05, 4.69) is 41.2 Å². The molecule has 20 heavy (non-hydrogen) atoms. The van der Waals surface area contributed by atoms with Crippen LogP contribution in [0.1, 0.15) is 25.3 Å². The first-order valence-corrected chi connectivity index (χ1v) is 7.91. The van der Waals surface area contributed by atoms with Gasteiger partial charge < -0.3 is 9.74 Å². The van der Waals surface area contributed by atoms with Crippen LogP contribution in [-0.4, -0.2) is 37.7 Å². The highest BCUT2D eigenvalue weighted by Gasteiger charge is 2.07. The van der Waals surface area contributed by atoms with Gasteiger partial charge in [-0.25, -0.2) is 0 Å². The quantitative estimate of drug-likeness (QED) is 0.389. The number of alkyl halides is 2. The molecule has 0 unspecified atom stereocenters. The number of hydrogen-bond donors (Lipinski definition) is 0. The molecule has 0 aromatic heterocycles. The summed E-state index contributed by atoms with van der Waals surface area (Å²) in [7, 11) is 1.58. The lowest BCUT2D eigenvalue weighted by atomic mass is 10.1. The molecule has 0 saturated heterocycles. The third-order valence-corrected chi connectivity index (χ3v) is 3.30. The largest absolute Gasteiger partial charge is 0.399 e. The minimum atomic E-state index is 0.588. The lowest BCUT2D eigenvalue weighted by molar-refractivity contribution is 0.213. The van der Waals surface area contributed by atoms with Crippen molar-refractivity contribution >= 4 is 34.6 Å². The van der Waals surface area contributed by atoms with E-state index in [0.29, 0.717) is 11.8 Å². The van der Waals surface area contributed by atoms with E-state index in [9.17, 15) is 0 Å². The molecule has 112 valence electrons. The van der Waals surface area contributed by atoms with Gasteiger partial charge in [0.15, 0.2) is 0 Å². The molecule has 3 nitrogen and oxygen atoms in total. The van der Waals surface area contributed by atoms with Gasteiger partial charge in [-0.15, -0.1) is 23.2 Å². The molecular formula is C15H22Cl2N2O. The van der Waals surface area contributed by atoms with Crippen molar-refractivity contribution in [2.24, 2.45) is 5.16 Å². The van der Waals surface area contributed by atoms with Gasteiger partial charge in [-0.1, -0.05) is 30.6 Å². The number of nitrogens with zero attached hydrogens (tertiary/aromatic N) is 2. The predicted octanol–water partition coefficient (Wildman–Crippen LogP) is 4.12. The Bertz CT molecular complexity index is 401. The molecule has 1 aromatic rings. The fourth-order valence-electron chi connectivity index (χ4n) is 2.03. The van der Waals surface area contributed by atoms with Gasteiger partial charge in [0.2, 0.25) is 0 Å². The summed E-state index contributed by atoms with van der Waals surface area (Å²) >= 11 is 11.7. The summed E-state index contributed by atoms with van der Waals surface area (Å²) in [6.45, 7) is 3.71. The first kappa shape index (κ1) is 17.1. The van der Waals surface area contributed by atoms with E-state index < -0.39 is 0 Å². The molecule has 0 aliphatic heterocycles. The summed E-state index contributed by atoms with van der Waals surface area (Å²) in [5.41, 5.74) is 3.19. The van der Waals surface area contributed by atoms with Crippen LogP contribution in [0.5, 0.6) is 0 Å². The molecule has 0 aliphatic carbocycles. The molecule has 1 rings (SSSR count). The van der Waals surface area contributed by atoms with Gasteiger partial charge in [0.25, 0.3) is 0 Å². The lowest BCUT2D eigenvalue weighted by Crippen LogP contribution is -2.27. The lowest BCUT2D eigenvalue weighted by Gasteiger charge is -2.23. The summed E-state index contributed by atoms with van der Waals surface area (Å²) in [4.78, 5) is 7.09. The van der Waals surface area contributed by atoms with Gasteiger partial charge in [0.1, 0.15) is 7.11 Å². The maximum absolute atomic E-state index is 5.83. The number of halogens is 2. The molecule has 0 aliphatic rings. The van der Waals surface area contributed by atoms with Crippen molar-refractivity contribution in [1.82, 2.24) is 0 Å². The van der Waals surface area contributed by atoms with Crippen LogP contribution in [-0.2, 0) is 4.84 Å². The van der Waals surface area contributed by atoms with E-state index >= 15 is 0 Å². The van der Waals surface area contributed by atoms with Crippen LogP contribution in [0.25, 0.3) is 0 Å². The maximum atomic E-state index is 5.83. The minimum absolute atomic E-state index is 0.588. The second-order valence-electron chi connectivity index (χ2n) is 4.38. The zero-order valence-corrected chi connectivity index (χ0v) is 13.6. The summed E-state index contributed by atoms with van der Waals surface area (Å²) in [5, 5.41) is 4.09. The molecule has 0 N–H and O–H groups in total. The summed E-state index contributed by atoms with van der Waals surface area (Å²) in [6.07, 6.45) is 1.94. The molecule has 0 amide bonds. The second kappa shape index (κ2) is 9.89. The Morgan fingerprint density at radius 2 is 1.75 bits per heavy atom. The smallest absolute Gasteiger partial charge is 0.106 e. The van der Waals surface area contributed by atoms with E-state index in [1.54, 1.807) is 7.11 Å². The van der Waals surface area contributed by atoms with E-state index in [0.717, 1.165) is 42.9 Å². The Morgan fingerprint density at radius 3 is 2.20 bits per heavy atom. The Hall–Kier alpha value is -0.930. The molecule has 0 saturated carbocycles.